The second-order valence-electron chi connectivity index (χ2n) is 5.49. The first-order chi connectivity index (χ1) is 10.2. The number of benzene rings is 1. The molecule has 2 aromatic rings. The summed E-state index contributed by atoms with van der Waals surface area (Å²) in [4.78, 5) is 4.07. The Morgan fingerprint density at radius 1 is 1.29 bits per heavy atom. The quantitative estimate of drug-likeness (QED) is 0.768. The largest absolute Gasteiger partial charge is 0.316 e. The van der Waals surface area contributed by atoms with Gasteiger partial charge in [0.1, 0.15) is 0 Å². The van der Waals surface area contributed by atoms with Gasteiger partial charge in [0, 0.05) is 24.9 Å². The van der Waals surface area contributed by atoms with Crippen LogP contribution in [0.3, 0.4) is 0 Å². The Bertz CT molecular complexity index is 569. The number of aryl methyl sites for hydroxylation is 1. The average molecular weight is 303 g/mol. The molecule has 21 heavy (non-hydrogen) atoms. The van der Waals surface area contributed by atoms with E-state index < -0.39 is 0 Å². The summed E-state index contributed by atoms with van der Waals surface area (Å²) in [7, 11) is 0. The van der Waals surface area contributed by atoms with Crippen LogP contribution >= 0.6 is 11.6 Å². The van der Waals surface area contributed by atoms with E-state index in [9.17, 15) is 0 Å². The minimum Gasteiger partial charge on any atom is -0.316 e. The fraction of sp³-hybridized carbons (Fsp3) is 0.389. The Kier molecular flexibility index (Phi) is 6.21. The molecule has 2 nitrogen and oxygen atoms in total. The number of rotatable bonds is 7. The van der Waals surface area contributed by atoms with Crippen molar-refractivity contribution in [3.63, 3.8) is 0 Å². The lowest BCUT2D eigenvalue weighted by Crippen LogP contribution is -2.23. The van der Waals surface area contributed by atoms with Crippen molar-refractivity contribution in [1.82, 2.24) is 10.3 Å². The van der Waals surface area contributed by atoms with Crippen molar-refractivity contribution in [2.45, 2.75) is 32.6 Å². The Morgan fingerprint density at radius 2 is 2.14 bits per heavy atom. The SMILES string of the molecule is CCCNCC(Cc1ccncc1Cl)c1cccc(C)c1. The highest BCUT2D eigenvalue weighted by Crippen LogP contribution is 2.25. The van der Waals surface area contributed by atoms with Gasteiger partial charge in [0.15, 0.2) is 0 Å². The summed E-state index contributed by atoms with van der Waals surface area (Å²) >= 11 is 6.27. The van der Waals surface area contributed by atoms with Crippen LogP contribution in [0, 0.1) is 6.92 Å². The maximum absolute atomic E-state index is 6.27. The van der Waals surface area contributed by atoms with Crippen LogP contribution in [0.15, 0.2) is 42.7 Å². The number of nitrogens with zero attached hydrogens (tertiary/aromatic N) is 1. The van der Waals surface area contributed by atoms with Gasteiger partial charge in [-0.25, -0.2) is 0 Å². The van der Waals surface area contributed by atoms with E-state index in [0.717, 1.165) is 36.5 Å². The summed E-state index contributed by atoms with van der Waals surface area (Å²) in [6.45, 7) is 6.34. The molecule has 0 saturated heterocycles. The first kappa shape index (κ1) is 16.0. The average Bonchev–Trinajstić information content (AvgIpc) is 2.48. The molecule has 1 atom stereocenters. The van der Waals surface area contributed by atoms with Crippen LogP contribution in [0.4, 0.5) is 0 Å². The van der Waals surface area contributed by atoms with E-state index in [1.54, 1.807) is 6.20 Å². The molecule has 1 N–H and O–H groups in total. The number of aromatic nitrogens is 1. The van der Waals surface area contributed by atoms with Crippen LogP contribution in [-0.2, 0) is 6.42 Å². The fourth-order valence-electron chi connectivity index (χ4n) is 2.52. The lowest BCUT2D eigenvalue weighted by molar-refractivity contribution is 0.576. The molecule has 2 rings (SSSR count). The van der Waals surface area contributed by atoms with Gasteiger partial charge < -0.3 is 5.32 Å². The molecule has 0 aliphatic rings. The molecular weight excluding hydrogens is 280 g/mol. The molecule has 3 heteroatoms. The van der Waals surface area contributed by atoms with Crippen molar-refractivity contribution in [2.24, 2.45) is 0 Å². The zero-order chi connectivity index (χ0) is 15.1. The molecular formula is C18H23ClN2. The van der Waals surface area contributed by atoms with E-state index in [2.05, 4.69) is 48.4 Å². The highest BCUT2D eigenvalue weighted by Gasteiger charge is 2.14. The number of nitrogens with one attached hydrogen (secondary N) is 1. The van der Waals surface area contributed by atoms with Crippen molar-refractivity contribution in [2.75, 3.05) is 13.1 Å². The van der Waals surface area contributed by atoms with Crippen LogP contribution in [0.25, 0.3) is 0 Å². The molecule has 0 spiro atoms. The molecule has 1 heterocycles. The Morgan fingerprint density at radius 3 is 2.86 bits per heavy atom. The second kappa shape index (κ2) is 8.16. The van der Waals surface area contributed by atoms with Crippen LogP contribution in [0.5, 0.6) is 0 Å². The normalized spacial score (nSPS) is 12.3. The zero-order valence-electron chi connectivity index (χ0n) is 12.8. The summed E-state index contributed by atoms with van der Waals surface area (Å²) in [6, 6.07) is 10.8. The third-order valence-electron chi connectivity index (χ3n) is 3.65. The van der Waals surface area contributed by atoms with E-state index in [0.29, 0.717) is 5.92 Å². The third kappa shape index (κ3) is 4.83. The van der Waals surface area contributed by atoms with Gasteiger partial charge in [-0.15, -0.1) is 0 Å². The summed E-state index contributed by atoms with van der Waals surface area (Å²) in [5.74, 6) is 0.427. The monoisotopic (exact) mass is 302 g/mol. The number of hydrogen-bond acceptors (Lipinski definition) is 2. The predicted octanol–water partition coefficient (Wildman–Crippen LogP) is 4.37. The van der Waals surface area contributed by atoms with Gasteiger partial charge in [0.05, 0.1) is 5.02 Å². The van der Waals surface area contributed by atoms with Crippen LogP contribution in [0.1, 0.15) is 36.0 Å². The van der Waals surface area contributed by atoms with Gasteiger partial charge in [-0.3, -0.25) is 4.98 Å². The molecule has 0 saturated carbocycles. The molecule has 0 radical (unpaired) electrons. The molecule has 0 bridgehead atoms. The van der Waals surface area contributed by atoms with Gasteiger partial charge in [-0.05, 0) is 43.5 Å². The van der Waals surface area contributed by atoms with Crippen molar-refractivity contribution >= 4 is 11.6 Å². The molecule has 112 valence electrons. The van der Waals surface area contributed by atoms with Crippen molar-refractivity contribution in [3.05, 3.63) is 64.4 Å². The van der Waals surface area contributed by atoms with Crippen molar-refractivity contribution in [1.29, 1.82) is 0 Å². The standard InChI is InChI=1S/C18H23ClN2/c1-3-8-20-12-17(15-6-4-5-14(2)10-15)11-16-7-9-21-13-18(16)19/h4-7,9-10,13,17,20H,3,8,11-12H2,1-2H3. The Labute approximate surface area is 132 Å². The smallest absolute Gasteiger partial charge is 0.0621 e. The maximum atomic E-state index is 6.27. The third-order valence-corrected chi connectivity index (χ3v) is 3.99. The molecule has 1 aromatic carbocycles. The zero-order valence-corrected chi connectivity index (χ0v) is 13.5. The summed E-state index contributed by atoms with van der Waals surface area (Å²) in [5, 5.41) is 4.29. The van der Waals surface area contributed by atoms with Gasteiger partial charge in [-0.1, -0.05) is 48.4 Å². The van der Waals surface area contributed by atoms with Gasteiger partial charge in [0.2, 0.25) is 0 Å². The first-order valence-electron chi connectivity index (χ1n) is 7.56. The number of pyridine rings is 1. The fourth-order valence-corrected chi connectivity index (χ4v) is 2.72. The summed E-state index contributed by atoms with van der Waals surface area (Å²) in [5.41, 5.74) is 3.83. The molecule has 0 amide bonds. The van der Waals surface area contributed by atoms with Gasteiger partial charge in [-0.2, -0.15) is 0 Å². The van der Waals surface area contributed by atoms with Gasteiger partial charge in [0.25, 0.3) is 0 Å². The van der Waals surface area contributed by atoms with E-state index >= 15 is 0 Å². The molecule has 0 aliphatic carbocycles. The molecule has 1 aromatic heterocycles. The van der Waals surface area contributed by atoms with Crippen LogP contribution in [-0.4, -0.2) is 18.1 Å². The number of halogens is 1. The van der Waals surface area contributed by atoms with E-state index in [1.807, 2.05) is 12.3 Å². The highest BCUT2D eigenvalue weighted by atomic mass is 35.5. The maximum Gasteiger partial charge on any atom is 0.0621 e. The minimum absolute atomic E-state index is 0.427. The summed E-state index contributed by atoms with van der Waals surface area (Å²) < 4.78 is 0. The number of hydrogen-bond donors (Lipinski definition) is 1. The van der Waals surface area contributed by atoms with Gasteiger partial charge >= 0.3 is 0 Å². The minimum atomic E-state index is 0.427. The molecule has 1 unspecified atom stereocenters. The van der Waals surface area contributed by atoms with Crippen LogP contribution in [0.2, 0.25) is 5.02 Å². The topological polar surface area (TPSA) is 24.9 Å². The molecule has 0 fully saturated rings. The van der Waals surface area contributed by atoms with Crippen molar-refractivity contribution in [3.8, 4) is 0 Å². The Balaban J connectivity index is 2.17. The van der Waals surface area contributed by atoms with E-state index in [4.69, 9.17) is 11.6 Å². The second-order valence-corrected chi connectivity index (χ2v) is 5.89. The van der Waals surface area contributed by atoms with E-state index in [1.165, 1.54) is 11.1 Å². The molecule has 0 aliphatic heterocycles. The summed E-state index contributed by atoms with van der Waals surface area (Å²) in [6.07, 6.45) is 5.62. The lowest BCUT2D eigenvalue weighted by atomic mass is 9.91. The van der Waals surface area contributed by atoms with E-state index in [-0.39, 0.29) is 0 Å². The Hall–Kier alpha value is -1.38. The first-order valence-corrected chi connectivity index (χ1v) is 7.94. The van der Waals surface area contributed by atoms with Crippen LogP contribution < -0.4 is 5.32 Å². The predicted molar refractivity (Wildman–Crippen MR) is 90.0 cm³/mol. The lowest BCUT2D eigenvalue weighted by Gasteiger charge is -2.19. The highest BCUT2D eigenvalue weighted by molar-refractivity contribution is 6.31. The van der Waals surface area contributed by atoms with Crippen molar-refractivity contribution < 1.29 is 0 Å².